The van der Waals surface area contributed by atoms with E-state index in [4.69, 9.17) is 4.84 Å². The van der Waals surface area contributed by atoms with Gasteiger partial charge in [0.25, 0.3) is 0 Å². The van der Waals surface area contributed by atoms with E-state index in [9.17, 15) is 8.42 Å². The fraction of sp³-hybridized carbons (Fsp3) is 0.188. The summed E-state index contributed by atoms with van der Waals surface area (Å²) in [7, 11) is -0.439. The molecule has 0 fully saturated rings. The van der Waals surface area contributed by atoms with E-state index in [0.29, 0.717) is 5.75 Å². The van der Waals surface area contributed by atoms with E-state index in [1.165, 1.54) is 30.5 Å². The minimum atomic E-state index is -3.43. The van der Waals surface area contributed by atoms with Crippen molar-refractivity contribution in [2.75, 3.05) is 14.1 Å². The molecule has 0 bridgehead atoms. The van der Waals surface area contributed by atoms with Gasteiger partial charge in [-0.15, -0.1) is 0 Å². The van der Waals surface area contributed by atoms with Gasteiger partial charge in [-0.05, 0) is 36.8 Å². The summed E-state index contributed by atoms with van der Waals surface area (Å²) in [5.74, 6) is 0.480. The van der Waals surface area contributed by atoms with Crippen LogP contribution >= 0.6 is 0 Å². The molecular formula is C16H18N2O3S. The summed E-state index contributed by atoms with van der Waals surface area (Å²) < 4.78 is 25.1. The quantitative estimate of drug-likeness (QED) is 0.629. The van der Waals surface area contributed by atoms with Gasteiger partial charge < -0.3 is 4.84 Å². The standard InChI is InChI=1S/C16H18N2O3S/c1-13(14-7-5-4-6-8-14)17-21-15-9-11-16(12-10-15)22(19,20)18(2)3/h4-12H,1-3H3/b17-13+. The highest BCUT2D eigenvalue weighted by Crippen LogP contribution is 2.18. The van der Waals surface area contributed by atoms with Crippen LogP contribution in [-0.2, 0) is 10.0 Å². The third-order valence-corrected chi connectivity index (χ3v) is 4.91. The van der Waals surface area contributed by atoms with Crippen LogP contribution in [0.3, 0.4) is 0 Å². The number of hydrogen-bond acceptors (Lipinski definition) is 4. The Kier molecular flexibility index (Phi) is 4.95. The molecule has 0 N–H and O–H groups in total. The first-order valence-corrected chi connectivity index (χ1v) is 8.15. The van der Waals surface area contributed by atoms with Crippen molar-refractivity contribution in [1.29, 1.82) is 0 Å². The highest BCUT2D eigenvalue weighted by atomic mass is 32.2. The van der Waals surface area contributed by atoms with Crippen LogP contribution in [0.1, 0.15) is 12.5 Å². The van der Waals surface area contributed by atoms with Gasteiger partial charge in [0.1, 0.15) is 0 Å². The lowest BCUT2D eigenvalue weighted by Crippen LogP contribution is -2.22. The molecule has 0 atom stereocenters. The summed E-state index contributed by atoms with van der Waals surface area (Å²) in [6.07, 6.45) is 0. The van der Waals surface area contributed by atoms with Crippen molar-refractivity contribution in [3.63, 3.8) is 0 Å². The molecule has 5 nitrogen and oxygen atoms in total. The maximum absolute atomic E-state index is 12.0. The lowest BCUT2D eigenvalue weighted by Gasteiger charge is -2.11. The van der Waals surface area contributed by atoms with Gasteiger partial charge >= 0.3 is 0 Å². The molecule has 2 rings (SSSR count). The number of benzene rings is 2. The second kappa shape index (κ2) is 6.72. The second-order valence-electron chi connectivity index (χ2n) is 4.89. The first kappa shape index (κ1) is 16.2. The second-order valence-corrected chi connectivity index (χ2v) is 7.04. The minimum Gasteiger partial charge on any atom is -0.357 e. The SMILES string of the molecule is C/C(=N\Oc1ccc(S(=O)(=O)N(C)C)cc1)c1ccccc1. The molecule has 0 aliphatic heterocycles. The van der Waals surface area contributed by atoms with Gasteiger partial charge in [0.15, 0.2) is 5.75 Å². The maximum atomic E-state index is 12.0. The molecule has 6 heteroatoms. The third kappa shape index (κ3) is 3.72. The number of sulfonamides is 1. The van der Waals surface area contributed by atoms with E-state index in [1.54, 1.807) is 12.1 Å². The van der Waals surface area contributed by atoms with Gasteiger partial charge in [-0.1, -0.05) is 35.5 Å². The van der Waals surface area contributed by atoms with Crippen LogP contribution in [0.15, 0.2) is 64.6 Å². The van der Waals surface area contributed by atoms with Crippen LogP contribution in [0.4, 0.5) is 0 Å². The highest BCUT2D eigenvalue weighted by Gasteiger charge is 2.16. The molecule has 0 aliphatic rings. The summed E-state index contributed by atoms with van der Waals surface area (Å²) in [4.78, 5) is 5.55. The predicted octanol–water partition coefficient (Wildman–Crippen LogP) is 2.74. The average Bonchev–Trinajstić information content (AvgIpc) is 2.53. The molecule has 2 aromatic carbocycles. The highest BCUT2D eigenvalue weighted by molar-refractivity contribution is 7.89. The topological polar surface area (TPSA) is 59.0 Å². The van der Waals surface area contributed by atoms with E-state index in [1.807, 2.05) is 37.3 Å². The monoisotopic (exact) mass is 318 g/mol. The van der Waals surface area contributed by atoms with Crippen LogP contribution in [0.2, 0.25) is 0 Å². The molecule has 0 saturated heterocycles. The minimum absolute atomic E-state index is 0.216. The number of nitrogens with zero attached hydrogens (tertiary/aromatic N) is 2. The number of hydrogen-bond donors (Lipinski definition) is 0. The zero-order valence-electron chi connectivity index (χ0n) is 12.7. The van der Waals surface area contributed by atoms with Crippen LogP contribution in [0.5, 0.6) is 5.75 Å². The Bertz CT molecular complexity index is 752. The fourth-order valence-corrected chi connectivity index (χ4v) is 2.64. The molecule has 0 aliphatic carbocycles. The van der Waals surface area contributed by atoms with Crippen LogP contribution in [-0.4, -0.2) is 32.5 Å². The van der Waals surface area contributed by atoms with Crippen LogP contribution in [0, 0.1) is 0 Å². The molecular weight excluding hydrogens is 300 g/mol. The van der Waals surface area contributed by atoms with Crippen LogP contribution in [0.25, 0.3) is 0 Å². The maximum Gasteiger partial charge on any atom is 0.242 e. The van der Waals surface area contributed by atoms with Crippen molar-refractivity contribution in [3.05, 3.63) is 60.2 Å². The Hall–Kier alpha value is -2.18. The first-order valence-electron chi connectivity index (χ1n) is 6.71. The van der Waals surface area contributed by atoms with E-state index >= 15 is 0 Å². The van der Waals surface area contributed by atoms with Crippen molar-refractivity contribution < 1.29 is 13.3 Å². The van der Waals surface area contributed by atoms with Crippen molar-refractivity contribution in [2.24, 2.45) is 5.16 Å². The first-order chi connectivity index (χ1) is 10.4. The molecule has 0 radical (unpaired) electrons. The van der Waals surface area contributed by atoms with E-state index in [2.05, 4.69) is 5.16 Å². The number of rotatable bonds is 5. The van der Waals surface area contributed by atoms with Crippen molar-refractivity contribution in [1.82, 2.24) is 4.31 Å². The summed E-state index contributed by atoms with van der Waals surface area (Å²) in [6, 6.07) is 15.8. The Morgan fingerprint density at radius 2 is 1.59 bits per heavy atom. The number of oxime groups is 1. The third-order valence-electron chi connectivity index (χ3n) is 3.08. The van der Waals surface area contributed by atoms with E-state index in [0.717, 1.165) is 11.3 Å². The fourth-order valence-electron chi connectivity index (χ4n) is 1.74. The summed E-state index contributed by atoms with van der Waals surface area (Å²) in [5.41, 5.74) is 1.71. The molecule has 0 unspecified atom stereocenters. The van der Waals surface area contributed by atoms with Gasteiger partial charge in [-0.3, -0.25) is 0 Å². The summed E-state index contributed by atoms with van der Waals surface area (Å²) in [6.45, 7) is 1.85. The smallest absolute Gasteiger partial charge is 0.242 e. The predicted molar refractivity (Wildman–Crippen MR) is 86.6 cm³/mol. The van der Waals surface area contributed by atoms with E-state index < -0.39 is 10.0 Å². The largest absolute Gasteiger partial charge is 0.357 e. The molecule has 22 heavy (non-hydrogen) atoms. The Labute approximate surface area is 130 Å². The van der Waals surface area contributed by atoms with Crippen molar-refractivity contribution in [2.45, 2.75) is 11.8 Å². The van der Waals surface area contributed by atoms with Crippen molar-refractivity contribution in [3.8, 4) is 5.75 Å². The Balaban J connectivity index is 2.13. The van der Waals surface area contributed by atoms with E-state index in [-0.39, 0.29) is 4.90 Å². The van der Waals surface area contributed by atoms with Gasteiger partial charge in [-0.25, -0.2) is 12.7 Å². The zero-order valence-corrected chi connectivity index (χ0v) is 13.5. The van der Waals surface area contributed by atoms with Crippen LogP contribution < -0.4 is 4.84 Å². The summed E-state index contributed by atoms with van der Waals surface area (Å²) in [5, 5.41) is 4.05. The molecule has 116 valence electrons. The van der Waals surface area contributed by atoms with Gasteiger partial charge in [0.2, 0.25) is 10.0 Å². The lowest BCUT2D eigenvalue weighted by atomic mass is 10.1. The molecule has 2 aromatic rings. The molecule has 0 amide bonds. The lowest BCUT2D eigenvalue weighted by molar-refractivity contribution is 0.341. The van der Waals surface area contributed by atoms with Crippen molar-refractivity contribution >= 4 is 15.7 Å². The molecule has 0 saturated carbocycles. The average molecular weight is 318 g/mol. The zero-order chi connectivity index (χ0) is 16.2. The molecule has 0 spiro atoms. The van der Waals surface area contributed by atoms with Gasteiger partial charge in [0, 0.05) is 14.1 Å². The van der Waals surface area contributed by atoms with Gasteiger partial charge in [0.05, 0.1) is 10.6 Å². The Morgan fingerprint density at radius 3 is 2.14 bits per heavy atom. The summed E-state index contributed by atoms with van der Waals surface area (Å²) >= 11 is 0. The van der Waals surface area contributed by atoms with Gasteiger partial charge in [-0.2, -0.15) is 0 Å². The Morgan fingerprint density at radius 1 is 1.00 bits per heavy atom. The molecule has 0 heterocycles. The normalized spacial score (nSPS) is 12.5. The molecule has 0 aromatic heterocycles.